The molecule has 0 amide bonds. The summed E-state index contributed by atoms with van der Waals surface area (Å²) in [5, 5.41) is 18.8. The summed E-state index contributed by atoms with van der Waals surface area (Å²) in [6.07, 6.45) is 0.582. The fourth-order valence-electron chi connectivity index (χ4n) is 2.44. The van der Waals surface area contributed by atoms with Crippen LogP contribution in [0.1, 0.15) is 45.4 Å². The number of esters is 2. The highest BCUT2D eigenvalue weighted by Gasteiger charge is 2.31. The number of cyclic esters (lactones) is 1. The molecule has 0 saturated carbocycles. The lowest BCUT2D eigenvalue weighted by Crippen LogP contribution is -2.35. The van der Waals surface area contributed by atoms with Crippen LogP contribution in [0.15, 0.2) is 0 Å². The highest BCUT2D eigenvalue weighted by Crippen LogP contribution is 2.23. The number of carbonyl (C=O) groups is 3. The molecule has 0 unspecified atom stereocenters. The number of Topliss-reactive ketones (excluding diaryl/α,β-unsaturated/α-hetero) is 1. The van der Waals surface area contributed by atoms with Crippen molar-refractivity contribution in [1.29, 1.82) is 0 Å². The van der Waals surface area contributed by atoms with E-state index in [1.165, 1.54) is 0 Å². The smallest absolute Gasteiger partial charge is 0.335 e. The Hall–Kier alpha value is -1.12. The van der Waals surface area contributed by atoms with Crippen molar-refractivity contribution in [2.75, 3.05) is 12.9 Å². The van der Waals surface area contributed by atoms with Gasteiger partial charge in [0.15, 0.2) is 11.9 Å². The maximum Gasteiger partial charge on any atom is 0.335 e. The van der Waals surface area contributed by atoms with Crippen molar-refractivity contribution in [3.8, 4) is 0 Å². The molecule has 8 heteroatoms. The van der Waals surface area contributed by atoms with Gasteiger partial charge in [0.1, 0.15) is 6.10 Å². The fraction of sp³-hybridized carbons (Fsp3) is 0.812. The molecule has 1 rings (SSSR count). The van der Waals surface area contributed by atoms with Crippen LogP contribution in [0.25, 0.3) is 0 Å². The Bertz CT molecular complexity index is 440. The predicted molar refractivity (Wildman–Crippen MR) is 88.5 cm³/mol. The molecular weight excluding hydrogens is 336 g/mol. The third-order valence-electron chi connectivity index (χ3n) is 3.85. The van der Waals surface area contributed by atoms with E-state index in [1.807, 2.05) is 6.92 Å². The summed E-state index contributed by atoms with van der Waals surface area (Å²) in [6, 6.07) is 0. The van der Waals surface area contributed by atoms with E-state index in [9.17, 15) is 24.6 Å². The van der Waals surface area contributed by atoms with Gasteiger partial charge in [0.05, 0.1) is 24.9 Å². The van der Waals surface area contributed by atoms with Crippen LogP contribution < -0.4 is 0 Å². The zero-order valence-corrected chi connectivity index (χ0v) is 14.9. The van der Waals surface area contributed by atoms with Gasteiger partial charge in [-0.3, -0.25) is 9.59 Å². The SMILES string of the molecule is COC(=O)[C@H](O)CS[C@H]1CC(=O)O[C@@H](C)CCCCC[C@@H](O)C1=O. The summed E-state index contributed by atoms with van der Waals surface area (Å²) < 4.78 is 9.69. The molecule has 0 aromatic heterocycles. The third-order valence-corrected chi connectivity index (χ3v) is 5.16. The van der Waals surface area contributed by atoms with Gasteiger partial charge in [-0.25, -0.2) is 4.79 Å². The number of ketones is 1. The Balaban J connectivity index is 2.74. The van der Waals surface area contributed by atoms with Crippen molar-refractivity contribution < 1.29 is 34.1 Å². The number of hydrogen-bond donors (Lipinski definition) is 2. The summed E-state index contributed by atoms with van der Waals surface area (Å²) in [6.45, 7) is 1.81. The minimum Gasteiger partial charge on any atom is -0.467 e. The van der Waals surface area contributed by atoms with Crippen LogP contribution in [0.2, 0.25) is 0 Å². The van der Waals surface area contributed by atoms with E-state index in [1.54, 1.807) is 0 Å². The van der Waals surface area contributed by atoms with E-state index in [0.29, 0.717) is 6.42 Å². The Morgan fingerprint density at radius 3 is 2.67 bits per heavy atom. The van der Waals surface area contributed by atoms with Gasteiger partial charge >= 0.3 is 11.9 Å². The summed E-state index contributed by atoms with van der Waals surface area (Å²) >= 11 is 0.955. The number of hydrogen-bond acceptors (Lipinski definition) is 8. The van der Waals surface area contributed by atoms with Crippen LogP contribution >= 0.6 is 11.8 Å². The van der Waals surface area contributed by atoms with Gasteiger partial charge < -0.3 is 19.7 Å². The van der Waals surface area contributed by atoms with Gasteiger partial charge in [-0.05, 0) is 26.2 Å². The molecule has 0 aromatic carbocycles. The highest BCUT2D eigenvalue weighted by molar-refractivity contribution is 8.00. The Labute approximate surface area is 146 Å². The van der Waals surface area contributed by atoms with E-state index in [0.717, 1.165) is 44.6 Å². The first-order valence-corrected chi connectivity index (χ1v) is 9.18. The quantitative estimate of drug-likeness (QED) is 0.708. The first kappa shape index (κ1) is 20.9. The van der Waals surface area contributed by atoms with Crippen LogP contribution in [0.5, 0.6) is 0 Å². The molecule has 1 heterocycles. The molecule has 1 aliphatic rings. The number of methoxy groups -OCH3 is 1. The monoisotopic (exact) mass is 362 g/mol. The molecule has 7 nitrogen and oxygen atoms in total. The fourth-order valence-corrected chi connectivity index (χ4v) is 3.56. The van der Waals surface area contributed by atoms with Gasteiger partial charge in [0.25, 0.3) is 0 Å². The number of carbonyl (C=O) groups excluding carboxylic acids is 3. The molecule has 24 heavy (non-hydrogen) atoms. The van der Waals surface area contributed by atoms with Gasteiger partial charge in [0, 0.05) is 5.75 Å². The number of thioether (sulfide) groups is 1. The molecule has 2 N–H and O–H groups in total. The normalized spacial score (nSPS) is 28.2. The Kier molecular flexibility index (Phi) is 9.31. The number of aliphatic hydroxyl groups excluding tert-OH is 2. The summed E-state index contributed by atoms with van der Waals surface area (Å²) in [7, 11) is 1.15. The minimum absolute atomic E-state index is 0.0986. The lowest BCUT2D eigenvalue weighted by molar-refractivity contribution is -0.150. The van der Waals surface area contributed by atoms with Crippen LogP contribution in [0.4, 0.5) is 0 Å². The Morgan fingerprint density at radius 1 is 1.33 bits per heavy atom. The summed E-state index contributed by atoms with van der Waals surface area (Å²) in [4.78, 5) is 35.6. The second kappa shape index (κ2) is 10.7. The zero-order valence-electron chi connectivity index (χ0n) is 14.1. The number of rotatable bonds is 4. The van der Waals surface area contributed by atoms with E-state index in [-0.39, 0.29) is 18.3 Å². The van der Waals surface area contributed by atoms with Crippen LogP contribution in [-0.2, 0) is 23.9 Å². The van der Waals surface area contributed by atoms with Crippen molar-refractivity contribution in [2.24, 2.45) is 0 Å². The van der Waals surface area contributed by atoms with Crippen molar-refractivity contribution in [1.82, 2.24) is 0 Å². The molecule has 1 aliphatic heterocycles. The zero-order chi connectivity index (χ0) is 18.1. The molecule has 4 atom stereocenters. The summed E-state index contributed by atoms with van der Waals surface area (Å²) in [5.41, 5.74) is 0. The largest absolute Gasteiger partial charge is 0.467 e. The van der Waals surface area contributed by atoms with Crippen LogP contribution in [-0.4, -0.2) is 64.4 Å². The molecule has 1 fully saturated rings. The highest BCUT2D eigenvalue weighted by atomic mass is 32.2. The lowest BCUT2D eigenvalue weighted by atomic mass is 10.0. The van der Waals surface area contributed by atoms with Crippen molar-refractivity contribution in [3.63, 3.8) is 0 Å². The molecular formula is C16H26O7S. The Morgan fingerprint density at radius 2 is 2.00 bits per heavy atom. The van der Waals surface area contributed by atoms with E-state index < -0.39 is 35.2 Å². The molecule has 0 aliphatic carbocycles. The van der Waals surface area contributed by atoms with Gasteiger partial charge in [0.2, 0.25) is 0 Å². The average Bonchev–Trinajstić information content (AvgIpc) is 2.55. The van der Waals surface area contributed by atoms with Crippen molar-refractivity contribution in [2.45, 2.75) is 69.0 Å². The molecule has 0 spiro atoms. The molecule has 1 saturated heterocycles. The van der Waals surface area contributed by atoms with E-state index >= 15 is 0 Å². The molecule has 0 aromatic rings. The lowest BCUT2D eigenvalue weighted by Gasteiger charge is -2.21. The van der Waals surface area contributed by atoms with Crippen LogP contribution in [0.3, 0.4) is 0 Å². The van der Waals surface area contributed by atoms with Crippen molar-refractivity contribution >= 4 is 29.5 Å². The first-order valence-electron chi connectivity index (χ1n) is 8.14. The standard InChI is InChI=1S/C16H26O7S/c1-10-6-4-3-5-7-11(17)15(20)13(8-14(19)23-10)24-9-12(18)16(21)22-2/h10-13,17-18H,3-9H2,1-2H3/t10-,11+,12+,13-/m0/s1. The third kappa shape index (κ3) is 7.19. The van der Waals surface area contributed by atoms with Crippen molar-refractivity contribution in [3.05, 3.63) is 0 Å². The molecule has 0 bridgehead atoms. The topological polar surface area (TPSA) is 110 Å². The molecule has 138 valence electrons. The second-order valence-corrected chi connectivity index (χ2v) is 7.16. The van der Waals surface area contributed by atoms with E-state index in [2.05, 4.69) is 4.74 Å². The number of aliphatic hydroxyl groups is 2. The minimum atomic E-state index is -1.39. The predicted octanol–water partition coefficient (Wildman–Crippen LogP) is 0.838. The van der Waals surface area contributed by atoms with Gasteiger partial charge in [-0.2, -0.15) is 0 Å². The molecule has 0 radical (unpaired) electrons. The van der Waals surface area contributed by atoms with Gasteiger partial charge in [-0.1, -0.05) is 12.8 Å². The van der Waals surface area contributed by atoms with Gasteiger partial charge in [-0.15, -0.1) is 11.8 Å². The van der Waals surface area contributed by atoms with E-state index in [4.69, 9.17) is 4.74 Å². The number of ether oxygens (including phenoxy) is 2. The summed E-state index contributed by atoms with van der Waals surface area (Å²) in [5.74, 6) is -1.89. The first-order chi connectivity index (χ1) is 11.3. The second-order valence-electron chi connectivity index (χ2n) is 5.92. The maximum absolute atomic E-state index is 12.4. The maximum atomic E-state index is 12.4. The average molecular weight is 362 g/mol. The van der Waals surface area contributed by atoms with Crippen LogP contribution in [0, 0.1) is 0 Å².